The van der Waals surface area contributed by atoms with Gasteiger partial charge in [-0.15, -0.1) is 0 Å². The Balaban J connectivity index is 2.46. The summed E-state index contributed by atoms with van der Waals surface area (Å²) in [6, 6.07) is 8.09. The van der Waals surface area contributed by atoms with Crippen LogP contribution in [0.3, 0.4) is 0 Å². The maximum Gasteiger partial charge on any atom is 0.214 e. The summed E-state index contributed by atoms with van der Waals surface area (Å²) < 4.78 is 1.48. The van der Waals surface area contributed by atoms with Crippen molar-refractivity contribution in [2.45, 2.75) is 0 Å². The van der Waals surface area contributed by atoms with Crippen molar-refractivity contribution in [1.82, 2.24) is 9.78 Å². The number of benzene rings is 1. The number of phenols is 1. The van der Waals surface area contributed by atoms with Crippen molar-refractivity contribution in [3.63, 3.8) is 0 Å². The number of ketones is 1. The van der Waals surface area contributed by atoms with Gasteiger partial charge < -0.3 is 5.11 Å². The lowest BCUT2D eigenvalue weighted by molar-refractivity contribution is 0.102. The third-order valence-electron chi connectivity index (χ3n) is 2.20. The van der Waals surface area contributed by atoms with Gasteiger partial charge in [-0.2, -0.15) is 5.10 Å². The summed E-state index contributed by atoms with van der Waals surface area (Å²) in [5.41, 5.74) is 0.748. The third-order valence-corrected chi connectivity index (χ3v) is 2.20. The number of para-hydroxylation sites is 1. The number of aromatic nitrogens is 2. The topological polar surface area (TPSA) is 55.1 Å². The van der Waals surface area contributed by atoms with Gasteiger partial charge in [-0.3, -0.25) is 9.48 Å². The molecule has 4 nitrogen and oxygen atoms in total. The van der Waals surface area contributed by atoms with Crippen molar-refractivity contribution in [1.29, 1.82) is 0 Å². The van der Waals surface area contributed by atoms with Gasteiger partial charge in [0.05, 0.1) is 5.56 Å². The molecule has 0 radical (unpaired) electrons. The Hall–Kier alpha value is -2.10. The second-order valence-corrected chi connectivity index (χ2v) is 3.19. The van der Waals surface area contributed by atoms with Crippen LogP contribution in [-0.2, 0) is 7.05 Å². The maximum atomic E-state index is 11.9. The highest BCUT2D eigenvalue weighted by Gasteiger charge is 2.15. The average Bonchev–Trinajstić information content (AvgIpc) is 2.64. The van der Waals surface area contributed by atoms with Gasteiger partial charge in [0.2, 0.25) is 5.78 Å². The first-order valence-electron chi connectivity index (χ1n) is 4.51. The summed E-state index contributed by atoms with van der Waals surface area (Å²) in [6.45, 7) is 0. The molecule has 0 aliphatic heterocycles. The van der Waals surface area contributed by atoms with Crippen LogP contribution in [0.1, 0.15) is 16.1 Å². The zero-order chi connectivity index (χ0) is 10.8. The number of rotatable bonds is 2. The molecule has 2 rings (SSSR count). The lowest BCUT2D eigenvalue weighted by Crippen LogP contribution is -2.08. The maximum absolute atomic E-state index is 11.9. The number of phenolic OH excluding ortho intramolecular Hbond substituents is 1. The molecule has 1 N–H and O–H groups in total. The molecule has 0 saturated carbocycles. The fourth-order valence-corrected chi connectivity index (χ4v) is 1.40. The molecule has 15 heavy (non-hydrogen) atoms. The van der Waals surface area contributed by atoms with E-state index in [1.165, 1.54) is 10.7 Å². The average molecular weight is 202 g/mol. The summed E-state index contributed by atoms with van der Waals surface area (Å²) in [5.74, 6) is -0.239. The predicted octanol–water partition coefficient (Wildman–Crippen LogP) is 1.36. The van der Waals surface area contributed by atoms with Crippen molar-refractivity contribution >= 4 is 5.78 Å². The number of aryl methyl sites for hydroxylation is 1. The van der Waals surface area contributed by atoms with Gasteiger partial charge in [0.25, 0.3) is 0 Å². The highest BCUT2D eigenvalue weighted by atomic mass is 16.3. The number of nitrogens with zero attached hydrogens (tertiary/aromatic N) is 2. The molecular formula is C11H10N2O2. The van der Waals surface area contributed by atoms with Crippen molar-refractivity contribution in [3.8, 4) is 5.75 Å². The van der Waals surface area contributed by atoms with Crippen LogP contribution in [0.25, 0.3) is 0 Å². The van der Waals surface area contributed by atoms with Crippen LogP contribution in [0.2, 0.25) is 0 Å². The van der Waals surface area contributed by atoms with Crippen molar-refractivity contribution in [2.24, 2.45) is 7.05 Å². The number of carbonyl (C=O) groups is 1. The zero-order valence-corrected chi connectivity index (χ0v) is 8.21. The van der Waals surface area contributed by atoms with Crippen LogP contribution in [0.5, 0.6) is 5.75 Å². The molecule has 1 aromatic carbocycles. The normalized spacial score (nSPS) is 10.2. The minimum atomic E-state index is -0.229. The van der Waals surface area contributed by atoms with Gasteiger partial charge >= 0.3 is 0 Å². The highest BCUT2D eigenvalue weighted by molar-refractivity contribution is 6.09. The van der Waals surface area contributed by atoms with Gasteiger partial charge in [0.1, 0.15) is 11.4 Å². The number of carbonyl (C=O) groups excluding carboxylic acids is 1. The molecule has 2 aromatic rings. The van der Waals surface area contributed by atoms with Gasteiger partial charge in [0.15, 0.2) is 0 Å². The quantitative estimate of drug-likeness (QED) is 0.748. The molecule has 4 heteroatoms. The molecule has 0 saturated heterocycles. The summed E-state index contributed by atoms with van der Waals surface area (Å²) in [6.07, 6.45) is 1.55. The Bertz CT molecular complexity index is 503. The van der Waals surface area contributed by atoms with E-state index in [0.717, 1.165) is 0 Å². The molecule has 0 aliphatic rings. The van der Waals surface area contributed by atoms with E-state index in [1.807, 2.05) is 0 Å². The van der Waals surface area contributed by atoms with E-state index in [0.29, 0.717) is 11.3 Å². The van der Waals surface area contributed by atoms with Gasteiger partial charge in [-0.25, -0.2) is 0 Å². The van der Waals surface area contributed by atoms with Crippen LogP contribution in [0.4, 0.5) is 0 Å². The van der Waals surface area contributed by atoms with E-state index in [-0.39, 0.29) is 11.5 Å². The summed E-state index contributed by atoms with van der Waals surface area (Å²) in [7, 11) is 1.69. The fourth-order valence-electron chi connectivity index (χ4n) is 1.40. The molecule has 0 fully saturated rings. The number of hydrogen-bond acceptors (Lipinski definition) is 3. The number of hydrogen-bond donors (Lipinski definition) is 1. The first kappa shape index (κ1) is 9.45. The smallest absolute Gasteiger partial charge is 0.214 e. The van der Waals surface area contributed by atoms with E-state index in [1.54, 1.807) is 37.5 Å². The standard InChI is InChI=1S/C11H10N2O2/c1-13-9(6-7-12-13)11(15)8-4-2-3-5-10(8)14/h2-7,14H,1H3. The van der Waals surface area contributed by atoms with Gasteiger partial charge in [-0.05, 0) is 18.2 Å². The molecule has 0 spiro atoms. The molecule has 0 aliphatic carbocycles. The largest absolute Gasteiger partial charge is 0.507 e. The van der Waals surface area contributed by atoms with E-state index >= 15 is 0 Å². The lowest BCUT2D eigenvalue weighted by atomic mass is 10.1. The zero-order valence-electron chi connectivity index (χ0n) is 8.21. The highest BCUT2D eigenvalue weighted by Crippen LogP contribution is 2.19. The molecule has 0 unspecified atom stereocenters. The fraction of sp³-hybridized carbons (Fsp3) is 0.0909. The van der Waals surface area contributed by atoms with Gasteiger partial charge in [0, 0.05) is 13.2 Å². The van der Waals surface area contributed by atoms with E-state index in [9.17, 15) is 9.90 Å². The summed E-state index contributed by atoms with van der Waals surface area (Å²) >= 11 is 0. The van der Waals surface area contributed by atoms with E-state index in [4.69, 9.17) is 0 Å². The van der Waals surface area contributed by atoms with Crippen LogP contribution in [-0.4, -0.2) is 20.7 Å². The van der Waals surface area contributed by atoms with Gasteiger partial charge in [-0.1, -0.05) is 12.1 Å². The number of aromatic hydroxyl groups is 1. The SMILES string of the molecule is Cn1nccc1C(=O)c1ccccc1O. The third kappa shape index (κ3) is 1.61. The monoisotopic (exact) mass is 202 g/mol. The second kappa shape index (κ2) is 3.57. The van der Waals surface area contributed by atoms with E-state index < -0.39 is 0 Å². The van der Waals surface area contributed by atoms with Crippen molar-refractivity contribution in [3.05, 3.63) is 47.8 Å². The molecule has 1 aromatic heterocycles. The molecule has 76 valence electrons. The van der Waals surface area contributed by atoms with Crippen LogP contribution >= 0.6 is 0 Å². The Kier molecular flexibility index (Phi) is 2.25. The first-order valence-corrected chi connectivity index (χ1v) is 4.51. The Morgan fingerprint density at radius 1 is 1.33 bits per heavy atom. The lowest BCUT2D eigenvalue weighted by Gasteiger charge is -2.03. The Morgan fingerprint density at radius 2 is 2.07 bits per heavy atom. The van der Waals surface area contributed by atoms with Crippen LogP contribution in [0.15, 0.2) is 36.5 Å². The first-order chi connectivity index (χ1) is 7.20. The van der Waals surface area contributed by atoms with Crippen LogP contribution in [0, 0.1) is 0 Å². The molecular weight excluding hydrogens is 192 g/mol. The minimum Gasteiger partial charge on any atom is -0.507 e. The molecule has 0 amide bonds. The van der Waals surface area contributed by atoms with Crippen LogP contribution < -0.4 is 0 Å². The van der Waals surface area contributed by atoms with Crippen molar-refractivity contribution < 1.29 is 9.90 Å². The summed E-state index contributed by atoms with van der Waals surface area (Å²) in [5, 5.41) is 13.4. The molecule has 0 atom stereocenters. The predicted molar refractivity (Wildman–Crippen MR) is 54.7 cm³/mol. The Morgan fingerprint density at radius 3 is 2.67 bits per heavy atom. The Labute approximate surface area is 86.8 Å². The molecule has 0 bridgehead atoms. The minimum absolute atomic E-state index is 0.0105. The second-order valence-electron chi connectivity index (χ2n) is 3.19. The molecule has 1 heterocycles. The summed E-state index contributed by atoms with van der Waals surface area (Å²) in [4.78, 5) is 11.9. The van der Waals surface area contributed by atoms with E-state index in [2.05, 4.69) is 5.10 Å². The van der Waals surface area contributed by atoms with Crippen molar-refractivity contribution in [2.75, 3.05) is 0 Å².